The van der Waals surface area contributed by atoms with Gasteiger partial charge in [0.2, 0.25) is 0 Å². The van der Waals surface area contributed by atoms with Gasteiger partial charge in [0.1, 0.15) is 5.82 Å². The van der Waals surface area contributed by atoms with Crippen LogP contribution in [-0.4, -0.2) is 33.4 Å². The number of nitrogens with zero attached hydrogens (tertiary/aromatic N) is 3. The van der Waals surface area contributed by atoms with Crippen LogP contribution in [0.25, 0.3) is 10.9 Å². The van der Waals surface area contributed by atoms with Gasteiger partial charge in [0.15, 0.2) is 0 Å². The predicted octanol–water partition coefficient (Wildman–Crippen LogP) is 3.77. The molecule has 1 aliphatic heterocycles. The zero-order chi connectivity index (χ0) is 19.0. The van der Waals surface area contributed by atoms with Gasteiger partial charge >= 0.3 is 0 Å². The molecule has 2 aromatic rings. The van der Waals surface area contributed by atoms with E-state index in [-0.39, 0.29) is 11.5 Å². The summed E-state index contributed by atoms with van der Waals surface area (Å²) >= 11 is 0. The number of aryl methyl sites for hydroxylation is 1. The SMILES string of the molecule is CC1CCC(N(C)C(=O)c2ccc3c(=O)n4c(nc3c2)CCCCC4)CC1. The van der Waals surface area contributed by atoms with Crippen molar-refractivity contribution < 1.29 is 4.79 Å². The molecule has 2 aliphatic rings. The van der Waals surface area contributed by atoms with Crippen molar-refractivity contribution in [1.29, 1.82) is 0 Å². The van der Waals surface area contributed by atoms with E-state index in [2.05, 4.69) is 6.92 Å². The number of aromatic nitrogens is 2. The zero-order valence-corrected chi connectivity index (χ0v) is 16.4. The van der Waals surface area contributed by atoms with E-state index in [0.29, 0.717) is 22.5 Å². The molecule has 0 N–H and O–H groups in total. The summed E-state index contributed by atoms with van der Waals surface area (Å²) in [5.74, 6) is 1.66. The van der Waals surface area contributed by atoms with Gasteiger partial charge in [0, 0.05) is 31.6 Å². The highest BCUT2D eigenvalue weighted by molar-refractivity contribution is 5.97. The number of hydrogen-bond acceptors (Lipinski definition) is 3. The van der Waals surface area contributed by atoms with Crippen molar-refractivity contribution in [3.8, 4) is 0 Å². The zero-order valence-electron chi connectivity index (χ0n) is 16.4. The first kappa shape index (κ1) is 18.2. The Morgan fingerprint density at radius 2 is 1.93 bits per heavy atom. The molecular formula is C22H29N3O2. The largest absolute Gasteiger partial charge is 0.339 e. The Kier molecular flexibility index (Phi) is 5.02. The lowest BCUT2D eigenvalue weighted by molar-refractivity contribution is 0.0679. The highest BCUT2D eigenvalue weighted by atomic mass is 16.2. The van der Waals surface area contributed by atoms with Crippen LogP contribution >= 0.6 is 0 Å². The molecule has 0 atom stereocenters. The van der Waals surface area contributed by atoms with Crippen LogP contribution in [0.5, 0.6) is 0 Å². The standard InChI is InChI=1S/C22H29N3O2/c1-15-7-10-17(11-8-15)24(2)21(26)16-9-12-18-19(14-16)23-20-6-4-3-5-13-25(20)22(18)27/h9,12,14-15,17H,3-8,10-11,13H2,1-2H3. The second-order valence-corrected chi connectivity index (χ2v) is 8.36. The molecule has 0 unspecified atom stereocenters. The molecule has 27 heavy (non-hydrogen) atoms. The number of carbonyl (C=O) groups is 1. The van der Waals surface area contributed by atoms with Crippen LogP contribution < -0.4 is 5.56 Å². The molecule has 0 saturated heterocycles. The van der Waals surface area contributed by atoms with Gasteiger partial charge in [-0.05, 0) is 62.6 Å². The summed E-state index contributed by atoms with van der Waals surface area (Å²) in [5, 5.41) is 0.617. The normalized spacial score (nSPS) is 22.9. The topological polar surface area (TPSA) is 55.2 Å². The molecular weight excluding hydrogens is 338 g/mol. The molecule has 5 nitrogen and oxygen atoms in total. The minimum absolute atomic E-state index is 0.0329. The Labute approximate surface area is 160 Å². The lowest BCUT2D eigenvalue weighted by Crippen LogP contribution is -2.39. The first-order chi connectivity index (χ1) is 13.0. The summed E-state index contributed by atoms with van der Waals surface area (Å²) in [6.07, 6.45) is 8.58. The molecule has 0 bridgehead atoms. The Hall–Kier alpha value is -2.17. The molecule has 4 rings (SSSR count). The lowest BCUT2D eigenvalue weighted by atomic mass is 9.86. The van der Waals surface area contributed by atoms with Crippen LogP contribution in [-0.2, 0) is 13.0 Å². The third-order valence-corrected chi connectivity index (χ3v) is 6.42. The molecule has 1 fully saturated rings. The summed E-state index contributed by atoms with van der Waals surface area (Å²) in [6.45, 7) is 3.04. The smallest absolute Gasteiger partial charge is 0.261 e. The van der Waals surface area contributed by atoms with E-state index in [4.69, 9.17) is 4.98 Å². The molecule has 144 valence electrons. The highest BCUT2D eigenvalue weighted by Crippen LogP contribution is 2.27. The number of rotatable bonds is 2. The van der Waals surface area contributed by atoms with Crippen molar-refractivity contribution in [1.82, 2.24) is 14.5 Å². The minimum atomic E-state index is 0.0329. The van der Waals surface area contributed by atoms with Crippen LogP contribution in [0.4, 0.5) is 0 Å². The molecule has 1 aromatic carbocycles. The van der Waals surface area contributed by atoms with Crippen LogP contribution in [0.15, 0.2) is 23.0 Å². The monoisotopic (exact) mass is 367 g/mol. The fourth-order valence-corrected chi connectivity index (χ4v) is 4.55. The Balaban J connectivity index is 1.65. The second-order valence-electron chi connectivity index (χ2n) is 8.36. The Bertz CT molecular complexity index is 910. The van der Waals surface area contributed by atoms with E-state index in [1.54, 1.807) is 12.1 Å². The second kappa shape index (κ2) is 7.45. The van der Waals surface area contributed by atoms with E-state index in [9.17, 15) is 9.59 Å². The van der Waals surface area contributed by atoms with Gasteiger partial charge in [-0.3, -0.25) is 14.2 Å². The van der Waals surface area contributed by atoms with Gasteiger partial charge in [0.25, 0.3) is 11.5 Å². The van der Waals surface area contributed by atoms with Crippen molar-refractivity contribution in [2.75, 3.05) is 7.05 Å². The van der Waals surface area contributed by atoms with E-state index in [1.807, 2.05) is 22.6 Å². The predicted molar refractivity (Wildman–Crippen MR) is 107 cm³/mol. The third kappa shape index (κ3) is 3.52. The van der Waals surface area contributed by atoms with Gasteiger partial charge in [-0.1, -0.05) is 13.3 Å². The molecule has 0 radical (unpaired) electrons. The summed E-state index contributed by atoms with van der Waals surface area (Å²) in [5.41, 5.74) is 1.32. The first-order valence-corrected chi connectivity index (χ1v) is 10.3. The molecule has 0 spiro atoms. The molecule has 1 aromatic heterocycles. The van der Waals surface area contributed by atoms with Crippen LogP contribution in [0, 0.1) is 5.92 Å². The fraction of sp³-hybridized carbons (Fsp3) is 0.591. The van der Waals surface area contributed by atoms with E-state index < -0.39 is 0 Å². The molecule has 1 amide bonds. The Morgan fingerprint density at radius 1 is 1.15 bits per heavy atom. The number of amides is 1. The number of carbonyl (C=O) groups excluding carboxylic acids is 1. The van der Waals surface area contributed by atoms with Crippen molar-refractivity contribution in [3.63, 3.8) is 0 Å². The minimum Gasteiger partial charge on any atom is -0.339 e. The number of benzene rings is 1. The fourth-order valence-electron chi connectivity index (χ4n) is 4.55. The van der Waals surface area contributed by atoms with Gasteiger partial charge in [-0.2, -0.15) is 0 Å². The van der Waals surface area contributed by atoms with Crippen LogP contribution in [0.1, 0.15) is 68.1 Å². The van der Waals surface area contributed by atoms with E-state index >= 15 is 0 Å². The first-order valence-electron chi connectivity index (χ1n) is 10.3. The molecule has 2 heterocycles. The van der Waals surface area contributed by atoms with Crippen molar-refractivity contribution in [2.24, 2.45) is 5.92 Å². The summed E-state index contributed by atoms with van der Waals surface area (Å²) in [7, 11) is 1.91. The van der Waals surface area contributed by atoms with Crippen LogP contribution in [0.3, 0.4) is 0 Å². The van der Waals surface area contributed by atoms with Gasteiger partial charge < -0.3 is 4.90 Å². The van der Waals surface area contributed by atoms with Crippen molar-refractivity contribution >= 4 is 16.8 Å². The third-order valence-electron chi connectivity index (χ3n) is 6.42. The maximum Gasteiger partial charge on any atom is 0.261 e. The van der Waals surface area contributed by atoms with Gasteiger partial charge in [0.05, 0.1) is 10.9 Å². The summed E-state index contributed by atoms with van der Waals surface area (Å²) < 4.78 is 1.83. The maximum atomic E-state index is 13.0. The average Bonchev–Trinajstić information content (AvgIpc) is 2.93. The van der Waals surface area contributed by atoms with E-state index in [0.717, 1.165) is 56.8 Å². The lowest BCUT2D eigenvalue weighted by Gasteiger charge is -2.33. The summed E-state index contributed by atoms with van der Waals surface area (Å²) in [6, 6.07) is 5.70. The molecule has 1 saturated carbocycles. The van der Waals surface area contributed by atoms with E-state index in [1.165, 1.54) is 12.8 Å². The highest BCUT2D eigenvalue weighted by Gasteiger charge is 2.26. The summed E-state index contributed by atoms with van der Waals surface area (Å²) in [4.78, 5) is 32.5. The quantitative estimate of drug-likeness (QED) is 0.812. The van der Waals surface area contributed by atoms with Crippen LogP contribution in [0.2, 0.25) is 0 Å². The molecule has 1 aliphatic carbocycles. The van der Waals surface area contributed by atoms with Crippen molar-refractivity contribution in [3.05, 3.63) is 39.9 Å². The maximum absolute atomic E-state index is 13.0. The number of fused-ring (bicyclic) bond motifs is 2. The Morgan fingerprint density at radius 3 is 2.70 bits per heavy atom. The molecule has 5 heteroatoms. The van der Waals surface area contributed by atoms with Gasteiger partial charge in [-0.25, -0.2) is 4.98 Å². The number of hydrogen-bond donors (Lipinski definition) is 0. The average molecular weight is 367 g/mol. The van der Waals surface area contributed by atoms with Gasteiger partial charge in [-0.15, -0.1) is 0 Å². The van der Waals surface area contributed by atoms with Crippen molar-refractivity contribution in [2.45, 2.75) is 70.9 Å².